The molecule has 0 fully saturated rings. The average molecular weight is 384 g/mol. The number of benzene rings is 1. The fraction of sp³-hybridized carbons (Fsp3) is 0.263. The summed E-state index contributed by atoms with van der Waals surface area (Å²) in [4.78, 5) is 28.1. The van der Waals surface area contributed by atoms with E-state index in [9.17, 15) is 9.59 Å². The lowest BCUT2D eigenvalue weighted by atomic mass is 10.2. The first-order valence-electron chi connectivity index (χ1n) is 8.56. The Morgan fingerprint density at radius 3 is 2.78 bits per heavy atom. The highest BCUT2D eigenvalue weighted by molar-refractivity contribution is 7.09. The topological polar surface area (TPSA) is 86.1 Å². The second kappa shape index (κ2) is 9.09. The van der Waals surface area contributed by atoms with Crippen LogP contribution in [0.1, 0.15) is 27.5 Å². The fourth-order valence-electron chi connectivity index (χ4n) is 2.40. The number of aryl methyl sites for hydroxylation is 2. The standard InChI is InChI=1S/C19H20N4O3S/c1-14-13-27-17(22-14)12-26-16-7-5-15(6-8-16)19(25)20-9-3-11-23-18(24)4-2-10-21-23/h2,4-8,10,13H,3,9,11-12H2,1H3,(H,20,25). The van der Waals surface area contributed by atoms with Crippen molar-refractivity contribution in [1.29, 1.82) is 0 Å². The molecule has 3 aromatic rings. The molecule has 0 unspecified atom stereocenters. The number of rotatable bonds is 8. The Hall–Kier alpha value is -3.00. The van der Waals surface area contributed by atoms with Gasteiger partial charge in [0.15, 0.2) is 0 Å². The van der Waals surface area contributed by atoms with Crippen molar-refractivity contribution in [3.63, 3.8) is 0 Å². The van der Waals surface area contributed by atoms with Gasteiger partial charge < -0.3 is 10.1 Å². The van der Waals surface area contributed by atoms with Crippen LogP contribution in [0.2, 0.25) is 0 Å². The lowest BCUT2D eigenvalue weighted by molar-refractivity contribution is 0.0952. The van der Waals surface area contributed by atoms with E-state index in [0.717, 1.165) is 10.7 Å². The molecule has 0 aliphatic heterocycles. The molecule has 0 atom stereocenters. The summed E-state index contributed by atoms with van der Waals surface area (Å²) in [6, 6.07) is 10.0. The minimum absolute atomic E-state index is 0.146. The first-order valence-corrected chi connectivity index (χ1v) is 9.44. The van der Waals surface area contributed by atoms with E-state index in [1.54, 1.807) is 47.9 Å². The van der Waals surface area contributed by atoms with Crippen LogP contribution in [-0.2, 0) is 13.2 Å². The highest BCUT2D eigenvalue weighted by Crippen LogP contribution is 2.16. The maximum atomic E-state index is 12.2. The molecule has 3 rings (SSSR count). The third-order valence-corrected chi connectivity index (χ3v) is 4.70. The van der Waals surface area contributed by atoms with E-state index in [2.05, 4.69) is 15.4 Å². The molecule has 0 saturated heterocycles. The molecule has 0 aliphatic carbocycles. The first-order chi connectivity index (χ1) is 13.1. The number of ether oxygens (including phenoxy) is 1. The van der Waals surface area contributed by atoms with Crippen LogP contribution < -0.4 is 15.6 Å². The number of nitrogens with zero attached hydrogens (tertiary/aromatic N) is 3. The Morgan fingerprint density at radius 1 is 1.26 bits per heavy atom. The minimum Gasteiger partial charge on any atom is -0.486 e. The van der Waals surface area contributed by atoms with Crippen molar-refractivity contribution in [2.75, 3.05) is 6.54 Å². The zero-order chi connectivity index (χ0) is 19.1. The molecule has 0 bridgehead atoms. The van der Waals surface area contributed by atoms with Crippen molar-refractivity contribution >= 4 is 17.2 Å². The van der Waals surface area contributed by atoms with Gasteiger partial charge in [0.05, 0.1) is 0 Å². The summed E-state index contributed by atoms with van der Waals surface area (Å²) in [6.07, 6.45) is 2.19. The molecule has 1 N–H and O–H groups in total. The number of thiazole rings is 1. The maximum absolute atomic E-state index is 12.2. The molecule has 7 nitrogen and oxygen atoms in total. The van der Waals surface area contributed by atoms with Crippen molar-refractivity contribution in [2.45, 2.75) is 26.5 Å². The summed E-state index contributed by atoms with van der Waals surface area (Å²) in [5.74, 6) is 0.527. The maximum Gasteiger partial charge on any atom is 0.266 e. The van der Waals surface area contributed by atoms with E-state index in [-0.39, 0.29) is 11.5 Å². The lowest BCUT2D eigenvalue weighted by Gasteiger charge is -2.08. The van der Waals surface area contributed by atoms with Gasteiger partial charge in [-0.2, -0.15) is 5.10 Å². The van der Waals surface area contributed by atoms with Gasteiger partial charge in [-0.25, -0.2) is 9.67 Å². The van der Waals surface area contributed by atoms with Gasteiger partial charge in [0.2, 0.25) is 0 Å². The van der Waals surface area contributed by atoms with Crippen LogP contribution in [0, 0.1) is 6.92 Å². The number of hydrogen-bond acceptors (Lipinski definition) is 6. The highest BCUT2D eigenvalue weighted by atomic mass is 32.1. The zero-order valence-corrected chi connectivity index (χ0v) is 15.7. The largest absolute Gasteiger partial charge is 0.486 e. The summed E-state index contributed by atoms with van der Waals surface area (Å²) >= 11 is 1.56. The second-order valence-electron chi connectivity index (χ2n) is 5.89. The van der Waals surface area contributed by atoms with Crippen molar-refractivity contribution in [3.05, 3.63) is 74.6 Å². The quantitative estimate of drug-likeness (QED) is 0.603. The Bertz CT molecular complexity index is 950. The van der Waals surface area contributed by atoms with Gasteiger partial charge in [0, 0.05) is 42.0 Å². The molecule has 1 amide bonds. The first kappa shape index (κ1) is 18.8. The van der Waals surface area contributed by atoms with Crippen LogP contribution >= 0.6 is 11.3 Å². The Morgan fingerprint density at radius 2 is 2.07 bits per heavy atom. The number of nitrogens with one attached hydrogen (secondary N) is 1. The molecule has 2 heterocycles. The lowest BCUT2D eigenvalue weighted by Crippen LogP contribution is -2.27. The van der Waals surface area contributed by atoms with E-state index >= 15 is 0 Å². The summed E-state index contributed by atoms with van der Waals surface area (Å²) in [5, 5.41) is 9.72. The molecule has 8 heteroatoms. The molecule has 27 heavy (non-hydrogen) atoms. The van der Waals surface area contributed by atoms with Crippen LogP contribution in [0.3, 0.4) is 0 Å². The fourth-order valence-corrected chi connectivity index (χ4v) is 3.09. The molecule has 0 radical (unpaired) electrons. The minimum atomic E-state index is -0.162. The third kappa shape index (κ3) is 5.49. The summed E-state index contributed by atoms with van der Waals surface area (Å²) in [5.41, 5.74) is 1.40. The van der Waals surface area contributed by atoms with Crippen molar-refractivity contribution in [2.24, 2.45) is 0 Å². The van der Waals surface area contributed by atoms with E-state index in [1.807, 2.05) is 12.3 Å². The van der Waals surface area contributed by atoms with Crippen LogP contribution in [0.25, 0.3) is 0 Å². The Labute approximate surface area is 160 Å². The number of carbonyl (C=O) groups is 1. The van der Waals surface area contributed by atoms with E-state index in [4.69, 9.17) is 4.74 Å². The van der Waals surface area contributed by atoms with Gasteiger partial charge in [0.1, 0.15) is 17.4 Å². The van der Waals surface area contributed by atoms with E-state index < -0.39 is 0 Å². The zero-order valence-electron chi connectivity index (χ0n) is 14.9. The van der Waals surface area contributed by atoms with Crippen LogP contribution in [0.15, 0.2) is 52.8 Å². The molecule has 0 saturated carbocycles. The summed E-state index contributed by atoms with van der Waals surface area (Å²) < 4.78 is 7.05. The van der Waals surface area contributed by atoms with Crippen molar-refractivity contribution in [1.82, 2.24) is 20.1 Å². The molecular weight excluding hydrogens is 364 g/mol. The van der Waals surface area contributed by atoms with Gasteiger partial charge >= 0.3 is 0 Å². The number of carbonyl (C=O) groups excluding carboxylic acids is 1. The summed E-state index contributed by atoms with van der Waals surface area (Å²) in [6.45, 7) is 3.28. The van der Waals surface area contributed by atoms with Gasteiger partial charge in [-0.05, 0) is 43.7 Å². The summed E-state index contributed by atoms with van der Waals surface area (Å²) in [7, 11) is 0. The number of amides is 1. The second-order valence-corrected chi connectivity index (χ2v) is 6.83. The van der Waals surface area contributed by atoms with Crippen LogP contribution in [0.5, 0.6) is 5.75 Å². The molecule has 1 aromatic carbocycles. The monoisotopic (exact) mass is 384 g/mol. The Balaban J connectivity index is 1.43. The van der Waals surface area contributed by atoms with Crippen LogP contribution in [-0.4, -0.2) is 27.2 Å². The molecule has 140 valence electrons. The van der Waals surface area contributed by atoms with Crippen molar-refractivity contribution < 1.29 is 9.53 Å². The molecule has 2 aromatic heterocycles. The predicted molar refractivity (Wildman–Crippen MR) is 103 cm³/mol. The normalized spacial score (nSPS) is 10.6. The number of aromatic nitrogens is 3. The van der Waals surface area contributed by atoms with E-state index in [1.165, 1.54) is 10.7 Å². The SMILES string of the molecule is Cc1csc(COc2ccc(C(=O)NCCCn3ncccc3=O)cc2)n1. The van der Waals surface area contributed by atoms with Crippen molar-refractivity contribution in [3.8, 4) is 5.75 Å². The van der Waals surface area contributed by atoms with Gasteiger partial charge in [-0.15, -0.1) is 11.3 Å². The molecular formula is C19H20N4O3S. The smallest absolute Gasteiger partial charge is 0.266 e. The number of hydrogen-bond donors (Lipinski definition) is 1. The molecule has 0 spiro atoms. The van der Waals surface area contributed by atoms with Gasteiger partial charge in [-0.1, -0.05) is 0 Å². The predicted octanol–water partition coefficient (Wildman–Crippen LogP) is 2.41. The molecule has 0 aliphatic rings. The third-order valence-electron chi connectivity index (χ3n) is 3.76. The van der Waals surface area contributed by atoms with E-state index in [0.29, 0.717) is 37.4 Å². The average Bonchev–Trinajstić information content (AvgIpc) is 3.10. The Kier molecular flexibility index (Phi) is 6.32. The van der Waals surface area contributed by atoms with Crippen LogP contribution in [0.4, 0.5) is 0 Å². The highest BCUT2D eigenvalue weighted by Gasteiger charge is 2.06. The van der Waals surface area contributed by atoms with Gasteiger partial charge in [-0.3, -0.25) is 9.59 Å². The van der Waals surface area contributed by atoms with Gasteiger partial charge in [0.25, 0.3) is 11.5 Å².